The molecule has 3 aliphatic rings. The molecule has 3 aliphatic carbocycles. The summed E-state index contributed by atoms with van der Waals surface area (Å²) in [6.07, 6.45) is 12.0. The molecule has 0 spiro atoms. The zero-order valence-corrected chi connectivity index (χ0v) is 10.8. The maximum atomic E-state index is 3.77. The van der Waals surface area contributed by atoms with Crippen molar-refractivity contribution in [2.45, 2.75) is 64.3 Å². The van der Waals surface area contributed by atoms with Gasteiger partial charge in [-0.2, -0.15) is 0 Å². The van der Waals surface area contributed by atoms with Crippen LogP contribution in [0, 0.1) is 23.7 Å². The standard InChI is InChI=1S/C15H27N/c1-11-5-6-13(10-16-14-7-8-14)15(9-11)12-3-2-4-12/h11-16H,2-10H2,1H3. The molecule has 3 saturated carbocycles. The van der Waals surface area contributed by atoms with Crippen LogP contribution in [0.1, 0.15) is 58.3 Å². The van der Waals surface area contributed by atoms with Crippen molar-refractivity contribution in [3.8, 4) is 0 Å². The van der Waals surface area contributed by atoms with Crippen LogP contribution in [0.5, 0.6) is 0 Å². The molecule has 0 heterocycles. The normalized spacial score (nSPS) is 40.7. The highest BCUT2D eigenvalue weighted by molar-refractivity contribution is 4.90. The van der Waals surface area contributed by atoms with Gasteiger partial charge in [0, 0.05) is 6.04 Å². The van der Waals surface area contributed by atoms with Gasteiger partial charge in [0.1, 0.15) is 0 Å². The molecule has 0 saturated heterocycles. The molecule has 0 aromatic carbocycles. The third-order valence-electron chi connectivity index (χ3n) is 5.31. The molecular formula is C15H27N. The van der Waals surface area contributed by atoms with E-state index >= 15 is 0 Å². The molecule has 3 unspecified atom stereocenters. The second kappa shape index (κ2) is 4.68. The summed E-state index contributed by atoms with van der Waals surface area (Å²) in [5.74, 6) is 4.20. The Morgan fingerprint density at radius 2 is 1.81 bits per heavy atom. The average molecular weight is 221 g/mol. The van der Waals surface area contributed by atoms with Crippen molar-refractivity contribution in [1.82, 2.24) is 5.32 Å². The summed E-state index contributed by atoms with van der Waals surface area (Å²) in [6, 6.07) is 0.904. The molecule has 0 aromatic rings. The second-order valence-electron chi connectivity index (χ2n) is 6.72. The number of rotatable bonds is 4. The molecule has 3 atom stereocenters. The lowest BCUT2D eigenvalue weighted by atomic mass is 9.63. The third kappa shape index (κ3) is 2.45. The summed E-state index contributed by atoms with van der Waals surface area (Å²) in [6.45, 7) is 3.80. The molecule has 3 fully saturated rings. The molecule has 0 radical (unpaired) electrons. The Kier molecular flexibility index (Phi) is 3.24. The lowest BCUT2D eigenvalue weighted by Crippen LogP contribution is -2.39. The average Bonchev–Trinajstić information content (AvgIpc) is 2.97. The van der Waals surface area contributed by atoms with Gasteiger partial charge in [-0.3, -0.25) is 0 Å². The van der Waals surface area contributed by atoms with Crippen molar-refractivity contribution < 1.29 is 0 Å². The SMILES string of the molecule is CC1CCC(CNC2CC2)C(C2CCC2)C1. The fourth-order valence-electron chi connectivity index (χ4n) is 3.79. The predicted molar refractivity (Wildman–Crippen MR) is 68.4 cm³/mol. The lowest BCUT2D eigenvalue weighted by Gasteiger charge is -2.43. The van der Waals surface area contributed by atoms with Crippen LogP contribution in [0.4, 0.5) is 0 Å². The monoisotopic (exact) mass is 221 g/mol. The zero-order valence-electron chi connectivity index (χ0n) is 10.8. The topological polar surface area (TPSA) is 12.0 Å². The molecule has 0 amide bonds. The largest absolute Gasteiger partial charge is 0.314 e. The number of hydrogen-bond acceptors (Lipinski definition) is 1. The predicted octanol–water partition coefficient (Wildman–Crippen LogP) is 3.59. The molecule has 16 heavy (non-hydrogen) atoms. The van der Waals surface area contributed by atoms with E-state index in [-0.39, 0.29) is 0 Å². The third-order valence-corrected chi connectivity index (χ3v) is 5.31. The fourth-order valence-corrected chi connectivity index (χ4v) is 3.79. The Morgan fingerprint density at radius 1 is 1.00 bits per heavy atom. The van der Waals surface area contributed by atoms with Crippen molar-refractivity contribution in [2.24, 2.45) is 23.7 Å². The van der Waals surface area contributed by atoms with Gasteiger partial charge in [0.15, 0.2) is 0 Å². The molecule has 1 N–H and O–H groups in total. The van der Waals surface area contributed by atoms with Gasteiger partial charge in [-0.1, -0.05) is 32.6 Å². The Morgan fingerprint density at radius 3 is 2.44 bits per heavy atom. The summed E-state index contributed by atoms with van der Waals surface area (Å²) in [7, 11) is 0. The van der Waals surface area contributed by atoms with Crippen LogP contribution in [-0.4, -0.2) is 12.6 Å². The first-order valence-electron chi connectivity index (χ1n) is 7.56. The molecule has 0 aliphatic heterocycles. The van der Waals surface area contributed by atoms with Crippen LogP contribution in [-0.2, 0) is 0 Å². The van der Waals surface area contributed by atoms with E-state index in [1.165, 1.54) is 57.9 Å². The molecule has 1 nitrogen and oxygen atoms in total. The summed E-state index contributed by atoms with van der Waals surface area (Å²) < 4.78 is 0. The van der Waals surface area contributed by atoms with E-state index in [2.05, 4.69) is 12.2 Å². The highest BCUT2D eigenvalue weighted by Gasteiger charge is 2.37. The van der Waals surface area contributed by atoms with Gasteiger partial charge in [0.2, 0.25) is 0 Å². The maximum absolute atomic E-state index is 3.77. The molecule has 0 aromatic heterocycles. The quantitative estimate of drug-likeness (QED) is 0.765. The minimum absolute atomic E-state index is 0.904. The molecule has 92 valence electrons. The first-order chi connectivity index (χ1) is 7.83. The fraction of sp³-hybridized carbons (Fsp3) is 1.00. The van der Waals surface area contributed by atoms with Crippen molar-refractivity contribution in [3.63, 3.8) is 0 Å². The zero-order chi connectivity index (χ0) is 11.0. The Labute approximate surface area is 100 Å². The minimum Gasteiger partial charge on any atom is -0.314 e. The second-order valence-corrected chi connectivity index (χ2v) is 6.72. The molecule has 3 rings (SSSR count). The van der Waals surface area contributed by atoms with E-state index in [0.717, 1.165) is 29.7 Å². The van der Waals surface area contributed by atoms with Gasteiger partial charge >= 0.3 is 0 Å². The van der Waals surface area contributed by atoms with E-state index in [0.29, 0.717) is 0 Å². The van der Waals surface area contributed by atoms with E-state index in [1.807, 2.05) is 0 Å². The van der Waals surface area contributed by atoms with Crippen LogP contribution in [0.3, 0.4) is 0 Å². The van der Waals surface area contributed by atoms with Gasteiger partial charge in [0.25, 0.3) is 0 Å². The number of nitrogens with one attached hydrogen (secondary N) is 1. The minimum atomic E-state index is 0.904. The van der Waals surface area contributed by atoms with Crippen LogP contribution >= 0.6 is 0 Å². The highest BCUT2D eigenvalue weighted by Crippen LogP contribution is 2.45. The smallest absolute Gasteiger partial charge is 0.00683 e. The van der Waals surface area contributed by atoms with Gasteiger partial charge < -0.3 is 5.32 Å². The first-order valence-corrected chi connectivity index (χ1v) is 7.56. The summed E-state index contributed by atoms with van der Waals surface area (Å²) in [4.78, 5) is 0. The van der Waals surface area contributed by atoms with Crippen LogP contribution < -0.4 is 5.32 Å². The Balaban J connectivity index is 1.54. The van der Waals surface area contributed by atoms with Gasteiger partial charge in [0.05, 0.1) is 0 Å². The van der Waals surface area contributed by atoms with Crippen molar-refractivity contribution in [2.75, 3.05) is 6.54 Å². The first kappa shape index (κ1) is 11.1. The van der Waals surface area contributed by atoms with Gasteiger partial charge in [-0.15, -0.1) is 0 Å². The van der Waals surface area contributed by atoms with E-state index < -0.39 is 0 Å². The van der Waals surface area contributed by atoms with Gasteiger partial charge in [-0.05, 0) is 55.9 Å². The molecular weight excluding hydrogens is 194 g/mol. The van der Waals surface area contributed by atoms with Crippen molar-refractivity contribution >= 4 is 0 Å². The molecule has 1 heteroatoms. The molecule has 0 bridgehead atoms. The summed E-state index contributed by atoms with van der Waals surface area (Å²) in [5, 5.41) is 3.77. The van der Waals surface area contributed by atoms with Crippen molar-refractivity contribution in [1.29, 1.82) is 0 Å². The number of hydrogen-bond donors (Lipinski definition) is 1. The lowest BCUT2D eigenvalue weighted by molar-refractivity contribution is 0.0781. The van der Waals surface area contributed by atoms with Crippen LogP contribution in [0.15, 0.2) is 0 Å². The van der Waals surface area contributed by atoms with E-state index in [4.69, 9.17) is 0 Å². The summed E-state index contributed by atoms with van der Waals surface area (Å²) in [5.41, 5.74) is 0. The maximum Gasteiger partial charge on any atom is 0.00683 e. The Hall–Kier alpha value is -0.0400. The summed E-state index contributed by atoms with van der Waals surface area (Å²) >= 11 is 0. The highest BCUT2D eigenvalue weighted by atomic mass is 14.9. The Bertz CT molecular complexity index is 230. The van der Waals surface area contributed by atoms with Crippen LogP contribution in [0.25, 0.3) is 0 Å². The van der Waals surface area contributed by atoms with E-state index in [9.17, 15) is 0 Å². The van der Waals surface area contributed by atoms with Gasteiger partial charge in [-0.25, -0.2) is 0 Å². The van der Waals surface area contributed by atoms with E-state index in [1.54, 1.807) is 0 Å². The van der Waals surface area contributed by atoms with Crippen molar-refractivity contribution in [3.05, 3.63) is 0 Å². The van der Waals surface area contributed by atoms with Crippen LogP contribution in [0.2, 0.25) is 0 Å².